The monoisotopic (exact) mass is 403 g/mol. The molecule has 1 atom stereocenters. The van der Waals surface area contributed by atoms with Crippen molar-refractivity contribution in [3.05, 3.63) is 71.9 Å². The van der Waals surface area contributed by atoms with Crippen molar-refractivity contribution in [1.82, 2.24) is 10.3 Å². The molecule has 0 radical (unpaired) electrons. The van der Waals surface area contributed by atoms with Crippen LogP contribution in [0.4, 0.5) is 18.9 Å². The van der Waals surface area contributed by atoms with Crippen LogP contribution in [-0.4, -0.2) is 34.6 Å². The Kier molecular flexibility index (Phi) is 5.79. The van der Waals surface area contributed by atoms with Gasteiger partial charge in [0.1, 0.15) is 11.7 Å². The maximum atomic E-state index is 12.8. The first-order valence-corrected chi connectivity index (χ1v) is 8.53. The van der Waals surface area contributed by atoms with Crippen LogP contribution in [0.15, 0.2) is 60.7 Å². The van der Waals surface area contributed by atoms with Crippen LogP contribution < -0.4 is 10.6 Å². The minimum absolute atomic E-state index is 0.0361. The van der Waals surface area contributed by atoms with Crippen molar-refractivity contribution in [3.8, 4) is 0 Å². The third kappa shape index (κ3) is 4.88. The summed E-state index contributed by atoms with van der Waals surface area (Å²) in [5.41, 5.74) is -0.426. The van der Waals surface area contributed by atoms with Crippen molar-refractivity contribution < 1.29 is 27.9 Å². The van der Waals surface area contributed by atoms with Gasteiger partial charge in [0.2, 0.25) is 5.91 Å². The summed E-state index contributed by atoms with van der Waals surface area (Å²) < 4.78 is 38.4. The number of nitrogens with one attached hydrogen (secondary N) is 2. The summed E-state index contributed by atoms with van der Waals surface area (Å²) in [5, 5.41) is 14.9. The molecular formula is C20H16F3N3O3. The van der Waals surface area contributed by atoms with E-state index in [1.807, 2.05) is 12.1 Å². The molecule has 0 aliphatic carbocycles. The van der Waals surface area contributed by atoms with E-state index in [1.54, 1.807) is 18.2 Å². The number of carbonyl (C=O) groups is 2. The van der Waals surface area contributed by atoms with Crippen LogP contribution in [0, 0.1) is 0 Å². The van der Waals surface area contributed by atoms with Gasteiger partial charge in [-0.3, -0.25) is 9.59 Å². The number of hydrogen-bond donors (Lipinski definition) is 3. The first kappa shape index (κ1) is 20.3. The number of rotatable bonds is 5. The van der Waals surface area contributed by atoms with Gasteiger partial charge in [-0.25, -0.2) is 4.98 Å². The number of benzene rings is 2. The zero-order valence-electron chi connectivity index (χ0n) is 14.9. The molecule has 0 spiro atoms. The predicted molar refractivity (Wildman–Crippen MR) is 100 cm³/mol. The summed E-state index contributed by atoms with van der Waals surface area (Å²) in [6, 6.07) is 13.0. The maximum Gasteiger partial charge on any atom is 0.416 e. The summed E-state index contributed by atoms with van der Waals surface area (Å²) in [6.07, 6.45) is -4.56. The number of alkyl halides is 3. The number of para-hydroxylation sites is 1. The number of pyridine rings is 1. The highest BCUT2D eigenvalue weighted by molar-refractivity contribution is 6.01. The number of aromatic nitrogens is 1. The molecule has 2 aromatic carbocycles. The van der Waals surface area contributed by atoms with Crippen molar-refractivity contribution in [3.63, 3.8) is 0 Å². The standard InChI is InChI=1S/C20H16F3N3O3/c21-20(22,23)13-5-3-6-14(10-13)24-19(29)17(11-27)26-18(28)16-9-8-12-4-1-2-7-15(12)25-16/h1-10,17,27H,11H2,(H,24,29)(H,26,28)/t17-/m0/s1. The molecule has 0 aliphatic heterocycles. The molecule has 0 bridgehead atoms. The minimum atomic E-state index is -4.56. The molecule has 6 nitrogen and oxygen atoms in total. The van der Waals surface area contributed by atoms with E-state index < -0.39 is 36.2 Å². The Morgan fingerprint density at radius 3 is 2.52 bits per heavy atom. The van der Waals surface area contributed by atoms with Gasteiger partial charge in [0.05, 0.1) is 17.7 Å². The fourth-order valence-corrected chi connectivity index (χ4v) is 2.62. The molecule has 9 heteroatoms. The van der Waals surface area contributed by atoms with E-state index in [1.165, 1.54) is 12.1 Å². The van der Waals surface area contributed by atoms with Crippen LogP contribution in [0.1, 0.15) is 16.1 Å². The Hall–Kier alpha value is -3.46. The highest BCUT2D eigenvalue weighted by Crippen LogP contribution is 2.30. The normalized spacial score (nSPS) is 12.4. The van der Waals surface area contributed by atoms with Gasteiger partial charge in [0.15, 0.2) is 0 Å². The minimum Gasteiger partial charge on any atom is -0.394 e. The van der Waals surface area contributed by atoms with Crippen LogP contribution in [-0.2, 0) is 11.0 Å². The van der Waals surface area contributed by atoms with E-state index in [0.717, 1.165) is 23.6 Å². The third-order valence-corrected chi connectivity index (χ3v) is 4.09. The number of hydrogen-bond acceptors (Lipinski definition) is 4. The van der Waals surface area contributed by atoms with Gasteiger partial charge in [-0.1, -0.05) is 30.3 Å². The number of halogens is 3. The lowest BCUT2D eigenvalue weighted by atomic mass is 10.1. The molecule has 2 amide bonds. The van der Waals surface area contributed by atoms with Gasteiger partial charge in [-0.05, 0) is 30.3 Å². The first-order chi connectivity index (χ1) is 13.8. The molecule has 0 fully saturated rings. The summed E-state index contributed by atoms with van der Waals surface area (Å²) >= 11 is 0. The van der Waals surface area contributed by atoms with E-state index in [-0.39, 0.29) is 11.4 Å². The van der Waals surface area contributed by atoms with E-state index in [9.17, 15) is 27.9 Å². The van der Waals surface area contributed by atoms with E-state index in [2.05, 4.69) is 15.6 Å². The summed E-state index contributed by atoms with van der Waals surface area (Å²) in [6.45, 7) is -0.746. The van der Waals surface area contributed by atoms with Gasteiger partial charge >= 0.3 is 6.18 Å². The van der Waals surface area contributed by atoms with Crippen LogP contribution >= 0.6 is 0 Å². The lowest BCUT2D eigenvalue weighted by Gasteiger charge is -2.17. The average molecular weight is 403 g/mol. The molecule has 0 aliphatic rings. The molecule has 0 saturated carbocycles. The maximum absolute atomic E-state index is 12.8. The van der Waals surface area contributed by atoms with Crippen LogP contribution in [0.3, 0.4) is 0 Å². The van der Waals surface area contributed by atoms with Gasteiger partial charge in [-0.15, -0.1) is 0 Å². The topological polar surface area (TPSA) is 91.3 Å². The lowest BCUT2D eigenvalue weighted by molar-refractivity contribution is -0.137. The van der Waals surface area contributed by atoms with Crippen molar-refractivity contribution in [1.29, 1.82) is 0 Å². The second kappa shape index (κ2) is 8.27. The summed E-state index contributed by atoms with van der Waals surface area (Å²) in [5.74, 6) is -1.56. The zero-order chi connectivity index (χ0) is 21.0. The second-order valence-corrected chi connectivity index (χ2v) is 6.17. The Balaban J connectivity index is 1.71. The van der Waals surface area contributed by atoms with Crippen LogP contribution in [0.5, 0.6) is 0 Å². The highest BCUT2D eigenvalue weighted by atomic mass is 19.4. The SMILES string of the molecule is O=C(N[C@@H](CO)C(=O)Nc1cccc(C(F)(F)F)c1)c1ccc2ccccc2n1. The van der Waals surface area contributed by atoms with Gasteiger partial charge in [-0.2, -0.15) is 13.2 Å². The molecule has 1 heterocycles. The zero-order valence-corrected chi connectivity index (χ0v) is 14.9. The second-order valence-electron chi connectivity index (χ2n) is 6.17. The van der Waals surface area contributed by atoms with Crippen molar-refractivity contribution in [2.75, 3.05) is 11.9 Å². The van der Waals surface area contributed by atoms with Crippen LogP contribution in [0.2, 0.25) is 0 Å². The molecule has 3 aromatic rings. The number of carbonyl (C=O) groups excluding carboxylic acids is 2. The molecule has 3 rings (SSSR count). The summed E-state index contributed by atoms with van der Waals surface area (Å²) in [4.78, 5) is 28.9. The number of amides is 2. The number of aliphatic hydroxyl groups excluding tert-OH is 1. The molecule has 3 N–H and O–H groups in total. The Labute approximate surface area is 163 Å². The largest absolute Gasteiger partial charge is 0.416 e. The predicted octanol–water partition coefficient (Wildman–Crippen LogP) is 2.98. The Morgan fingerprint density at radius 1 is 1.03 bits per heavy atom. The number of nitrogens with zero attached hydrogens (tertiary/aromatic N) is 1. The Morgan fingerprint density at radius 2 is 1.79 bits per heavy atom. The molecule has 0 saturated heterocycles. The lowest BCUT2D eigenvalue weighted by Crippen LogP contribution is -2.46. The fraction of sp³-hybridized carbons (Fsp3) is 0.150. The van der Waals surface area contributed by atoms with E-state index in [0.29, 0.717) is 5.52 Å². The van der Waals surface area contributed by atoms with E-state index in [4.69, 9.17) is 0 Å². The van der Waals surface area contributed by atoms with Crippen LogP contribution in [0.25, 0.3) is 10.9 Å². The Bertz CT molecular complexity index is 1050. The molecular weight excluding hydrogens is 387 g/mol. The smallest absolute Gasteiger partial charge is 0.394 e. The van der Waals surface area contributed by atoms with Crippen molar-refractivity contribution in [2.24, 2.45) is 0 Å². The molecule has 150 valence electrons. The number of aliphatic hydroxyl groups is 1. The van der Waals surface area contributed by atoms with Crippen molar-refractivity contribution >= 4 is 28.4 Å². The highest BCUT2D eigenvalue weighted by Gasteiger charge is 2.30. The van der Waals surface area contributed by atoms with Gasteiger partial charge in [0.25, 0.3) is 5.91 Å². The van der Waals surface area contributed by atoms with E-state index >= 15 is 0 Å². The summed E-state index contributed by atoms with van der Waals surface area (Å²) in [7, 11) is 0. The fourth-order valence-electron chi connectivity index (χ4n) is 2.62. The molecule has 29 heavy (non-hydrogen) atoms. The molecule has 1 aromatic heterocycles. The quantitative estimate of drug-likeness (QED) is 0.611. The molecule has 0 unspecified atom stereocenters. The average Bonchev–Trinajstić information content (AvgIpc) is 2.71. The van der Waals surface area contributed by atoms with Gasteiger partial charge in [0, 0.05) is 11.1 Å². The van der Waals surface area contributed by atoms with Crippen molar-refractivity contribution in [2.45, 2.75) is 12.2 Å². The number of fused-ring (bicyclic) bond motifs is 1. The van der Waals surface area contributed by atoms with Gasteiger partial charge < -0.3 is 15.7 Å². The third-order valence-electron chi connectivity index (χ3n) is 4.09. The first-order valence-electron chi connectivity index (χ1n) is 8.53. The number of anilines is 1.